The minimum Gasteiger partial charge on any atom is -0.511 e. The van der Waals surface area contributed by atoms with E-state index in [0.29, 0.717) is 11.3 Å². The topological polar surface area (TPSA) is 96.9 Å². The van der Waals surface area contributed by atoms with Crippen molar-refractivity contribution in [3.05, 3.63) is 41.2 Å². The SMILES string of the molecule is C/C(O)=C(\C#N)C(=O)Nc1ccc(C#N)cc1. The summed E-state index contributed by atoms with van der Waals surface area (Å²) >= 11 is 0. The summed E-state index contributed by atoms with van der Waals surface area (Å²) < 4.78 is 0. The molecule has 0 unspecified atom stereocenters. The Morgan fingerprint density at radius 2 is 1.88 bits per heavy atom. The summed E-state index contributed by atoms with van der Waals surface area (Å²) in [6, 6.07) is 9.71. The Morgan fingerprint density at radius 3 is 2.29 bits per heavy atom. The monoisotopic (exact) mass is 227 g/mol. The molecule has 0 saturated heterocycles. The zero-order chi connectivity index (χ0) is 12.8. The fraction of sp³-hybridized carbons (Fsp3) is 0.0833. The number of anilines is 1. The maximum absolute atomic E-state index is 11.5. The van der Waals surface area contributed by atoms with E-state index in [0.717, 1.165) is 0 Å². The number of carbonyl (C=O) groups is 1. The van der Waals surface area contributed by atoms with E-state index < -0.39 is 5.91 Å². The third-order valence-electron chi connectivity index (χ3n) is 1.97. The molecule has 1 rings (SSSR count). The number of nitrogens with zero attached hydrogens (tertiary/aromatic N) is 2. The van der Waals surface area contributed by atoms with Crippen LogP contribution in [-0.4, -0.2) is 11.0 Å². The van der Waals surface area contributed by atoms with Crippen LogP contribution in [0.4, 0.5) is 5.69 Å². The predicted molar refractivity (Wildman–Crippen MR) is 60.7 cm³/mol. The van der Waals surface area contributed by atoms with Gasteiger partial charge in [0.05, 0.1) is 11.6 Å². The van der Waals surface area contributed by atoms with Crippen LogP contribution in [0.5, 0.6) is 0 Å². The summed E-state index contributed by atoms with van der Waals surface area (Å²) in [6.07, 6.45) is 0. The van der Waals surface area contributed by atoms with E-state index in [4.69, 9.17) is 15.6 Å². The van der Waals surface area contributed by atoms with Crippen LogP contribution in [0.25, 0.3) is 0 Å². The molecule has 0 aliphatic carbocycles. The molecule has 2 N–H and O–H groups in total. The molecule has 0 atom stereocenters. The van der Waals surface area contributed by atoms with Crippen LogP contribution in [0, 0.1) is 22.7 Å². The van der Waals surface area contributed by atoms with Crippen molar-refractivity contribution < 1.29 is 9.90 Å². The van der Waals surface area contributed by atoms with Gasteiger partial charge in [-0.2, -0.15) is 10.5 Å². The number of amides is 1. The average Bonchev–Trinajstić information content (AvgIpc) is 2.30. The summed E-state index contributed by atoms with van der Waals surface area (Å²) in [5.41, 5.74) is 0.578. The van der Waals surface area contributed by atoms with Crippen LogP contribution in [0.15, 0.2) is 35.6 Å². The number of nitrogens with one attached hydrogen (secondary N) is 1. The van der Waals surface area contributed by atoms with Gasteiger partial charge >= 0.3 is 0 Å². The Bertz CT molecular complexity index is 541. The number of benzene rings is 1. The summed E-state index contributed by atoms with van der Waals surface area (Å²) in [5.74, 6) is -1.02. The average molecular weight is 227 g/mol. The van der Waals surface area contributed by atoms with Crippen molar-refractivity contribution in [1.29, 1.82) is 10.5 Å². The Kier molecular flexibility index (Phi) is 3.86. The van der Waals surface area contributed by atoms with Gasteiger partial charge in [-0.3, -0.25) is 4.79 Å². The van der Waals surface area contributed by atoms with Crippen molar-refractivity contribution in [2.24, 2.45) is 0 Å². The molecule has 0 spiro atoms. The fourth-order valence-electron chi connectivity index (χ4n) is 1.12. The highest BCUT2D eigenvalue weighted by molar-refractivity contribution is 6.06. The van der Waals surface area contributed by atoms with Gasteiger partial charge in [-0.1, -0.05) is 0 Å². The standard InChI is InChI=1S/C12H9N3O2/c1-8(16)11(7-14)12(17)15-10-4-2-9(6-13)3-5-10/h2-5,16H,1H3,(H,15,17)/b11-8-. The van der Waals surface area contributed by atoms with E-state index in [9.17, 15) is 4.79 Å². The summed E-state index contributed by atoms with van der Waals surface area (Å²) in [4.78, 5) is 11.5. The van der Waals surface area contributed by atoms with Crippen LogP contribution in [0.1, 0.15) is 12.5 Å². The Morgan fingerprint density at radius 1 is 1.29 bits per heavy atom. The van der Waals surface area contributed by atoms with Crippen molar-refractivity contribution in [2.45, 2.75) is 6.92 Å². The molecule has 0 heterocycles. The van der Waals surface area contributed by atoms with Gasteiger partial charge in [0.2, 0.25) is 0 Å². The number of rotatable bonds is 2. The van der Waals surface area contributed by atoms with E-state index >= 15 is 0 Å². The number of hydrogen-bond acceptors (Lipinski definition) is 4. The number of aliphatic hydroxyl groups is 1. The van der Waals surface area contributed by atoms with Gasteiger partial charge in [0.15, 0.2) is 5.57 Å². The lowest BCUT2D eigenvalue weighted by Crippen LogP contribution is -2.14. The first kappa shape index (κ1) is 12.3. The minimum atomic E-state index is -0.683. The van der Waals surface area contributed by atoms with Gasteiger partial charge in [-0.25, -0.2) is 0 Å². The Balaban J connectivity index is 2.86. The molecule has 0 fully saturated rings. The third kappa shape index (κ3) is 3.08. The van der Waals surface area contributed by atoms with Crippen molar-refractivity contribution in [3.8, 4) is 12.1 Å². The first-order valence-corrected chi connectivity index (χ1v) is 4.70. The van der Waals surface area contributed by atoms with Gasteiger partial charge < -0.3 is 10.4 Å². The van der Waals surface area contributed by atoms with Crippen LogP contribution in [0.3, 0.4) is 0 Å². The minimum absolute atomic E-state index is 0.335. The van der Waals surface area contributed by atoms with E-state index in [1.807, 2.05) is 6.07 Å². The smallest absolute Gasteiger partial charge is 0.269 e. The van der Waals surface area contributed by atoms with Gasteiger partial charge in [-0.15, -0.1) is 0 Å². The van der Waals surface area contributed by atoms with Gasteiger partial charge in [0.1, 0.15) is 11.8 Å². The number of allylic oxidation sites excluding steroid dienone is 1. The van der Waals surface area contributed by atoms with Crippen molar-refractivity contribution in [1.82, 2.24) is 0 Å². The fourth-order valence-corrected chi connectivity index (χ4v) is 1.12. The number of carbonyl (C=O) groups excluding carboxylic acids is 1. The van der Waals surface area contributed by atoms with E-state index in [2.05, 4.69) is 5.32 Å². The van der Waals surface area contributed by atoms with Crippen LogP contribution >= 0.6 is 0 Å². The molecule has 5 nitrogen and oxygen atoms in total. The Labute approximate surface area is 98.2 Å². The molecule has 5 heteroatoms. The number of nitriles is 2. The second kappa shape index (κ2) is 5.34. The van der Waals surface area contributed by atoms with Crippen molar-refractivity contribution >= 4 is 11.6 Å². The second-order valence-electron chi connectivity index (χ2n) is 3.22. The molecule has 0 aromatic heterocycles. The summed E-state index contributed by atoms with van der Waals surface area (Å²) in [7, 11) is 0. The van der Waals surface area contributed by atoms with Crippen LogP contribution in [0.2, 0.25) is 0 Å². The maximum atomic E-state index is 11.5. The molecule has 0 radical (unpaired) electrons. The largest absolute Gasteiger partial charge is 0.511 e. The molecule has 0 bridgehead atoms. The number of aliphatic hydroxyl groups excluding tert-OH is 1. The highest BCUT2D eigenvalue weighted by atomic mass is 16.3. The lowest BCUT2D eigenvalue weighted by Gasteiger charge is -2.04. The molecular weight excluding hydrogens is 218 g/mol. The molecular formula is C12H9N3O2. The summed E-state index contributed by atoms with van der Waals surface area (Å²) in [6.45, 7) is 1.26. The zero-order valence-corrected chi connectivity index (χ0v) is 9.06. The second-order valence-corrected chi connectivity index (χ2v) is 3.22. The van der Waals surface area contributed by atoms with Gasteiger partial charge in [0, 0.05) is 5.69 Å². The van der Waals surface area contributed by atoms with E-state index in [1.54, 1.807) is 6.07 Å². The van der Waals surface area contributed by atoms with Crippen LogP contribution in [-0.2, 0) is 4.79 Å². The van der Waals surface area contributed by atoms with Gasteiger partial charge in [0.25, 0.3) is 5.91 Å². The quantitative estimate of drug-likeness (QED) is 0.457. The molecule has 17 heavy (non-hydrogen) atoms. The molecule has 1 aromatic rings. The first-order chi connectivity index (χ1) is 8.08. The molecule has 84 valence electrons. The molecule has 0 aliphatic heterocycles. The van der Waals surface area contributed by atoms with Crippen molar-refractivity contribution in [3.63, 3.8) is 0 Å². The van der Waals surface area contributed by atoms with Gasteiger partial charge in [-0.05, 0) is 31.2 Å². The maximum Gasteiger partial charge on any atom is 0.269 e. The highest BCUT2D eigenvalue weighted by Gasteiger charge is 2.12. The zero-order valence-electron chi connectivity index (χ0n) is 9.06. The summed E-state index contributed by atoms with van der Waals surface area (Å²) in [5, 5.41) is 28.8. The normalized spacial score (nSPS) is 10.8. The molecule has 1 amide bonds. The lowest BCUT2D eigenvalue weighted by molar-refractivity contribution is -0.112. The lowest BCUT2D eigenvalue weighted by atomic mass is 10.2. The van der Waals surface area contributed by atoms with Crippen molar-refractivity contribution in [2.75, 3.05) is 5.32 Å². The predicted octanol–water partition coefficient (Wildman–Crippen LogP) is 1.85. The first-order valence-electron chi connectivity index (χ1n) is 4.70. The van der Waals surface area contributed by atoms with E-state index in [1.165, 1.54) is 31.2 Å². The number of hydrogen-bond donors (Lipinski definition) is 2. The molecule has 1 aromatic carbocycles. The highest BCUT2D eigenvalue weighted by Crippen LogP contribution is 2.11. The molecule has 0 saturated carbocycles. The van der Waals surface area contributed by atoms with E-state index in [-0.39, 0.29) is 11.3 Å². The van der Waals surface area contributed by atoms with Crippen LogP contribution < -0.4 is 5.32 Å². The Hall–Kier alpha value is -2.79. The molecule has 0 aliphatic rings. The third-order valence-corrected chi connectivity index (χ3v) is 1.97.